The lowest BCUT2D eigenvalue weighted by atomic mass is 10.0. The van der Waals surface area contributed by atoms with Gasteiger partial charge in [0.25, 0.3) is 5.92 Å². The average Bonchev–Trinajstić information content (AvgIpc) is 2.45. The molecule has 0 heterocycles. The summed E-state index contributed by atoms with van der Waals surface area (Å²) in [5, 5.41) is 0. The molecule has 0 saturated carbocycles. The third kappa shape index (κ3) is 4.36. The summed E-state index contributed by atoms with van der Waals surface area (Å²) in [6.07, 6.45) is 0. The van der Waals surface area contributed by atoms with Gasteiger partial charge in [0.1, 0.15) is 6.04 Å². The van der Waals surface area contributed by atoms with Gasteiger partial charge in [0.05, 0.1) is 4.90 Å². The first-order valence-electron chi connectivity index (χ1n) is 7.13. The molecule has 1 unspecified atom stereocenters. The van der Waals surface area contributed by atoms with Crippen molar-refractivity contribution in [2.24, 2.45) is 0 Å². The first-order chi connectivity index (χ1) is 10.6. The van der Waals surface area contributed by atoms with Crippen LogP contribution in [0.5, 0.6) is 0 Å². The Morgan fingerprint density at radius 1 is 0.913 bits per heavy atom. The molecule has 0 aliphatic rings. The van der Waals surface area contributed by atoms with Crippen molar-refractivity contribution in [1.29, 1.82) is 0 Å². The number of nitrogens with one attached hydrogen (secondary N) is 1. The first-order valence-corrected chi connectivity index (χ1v) is 8.61. The van der Waals surface area contributed by atoms with Gasteiger partial charge in [-0.2, -0.15) is 4.72 Å². The Morgan fingerprint density at radius 3 is 1.78 bits per heavy atom. The fraction of sp³-hybridized carbons (Fsp3) is 0.294. The Bertz CT molecular complexity index is 764. The van der Waals surface area contributed by atoms with Crippen molar-refractivity contribution < 1.29 is 17.2 Å². The third-order valence-electron chi connectivity index (χ3n) is 3.52. The number of alkyl halides is 2. The molecule has 1 atom stereocenters. The Kier molecular flexibility index (Phi) is 4.87. The molecule has 2 rings (SSSR count). The molecule has 0 aliphatic heterocycles. The first kappa shape index (κ1) is 17.6. The monoisotopic (exact) mass is 339 g/mol. The zero-order valence-corrected chi connectivity index (χ0v) is 14.0. The third-order valence-corrected chi connectivity index (χ3v) is 4.96. The second-order valence-corrected chi connectivity index (χ2v) is 7.45. The van der Waals surface area contributed by atoms with Gasteiger partial charge in [0.2, 0.25) is 10.0 Å². The molecular weight excluding hydrogens is 320 g/mol. The van der Waals surface area contributed by atoms with Gasteiger partial charge in [-0.1, -0.05) is 47.5 Å². The molecule has 6 heteroatoms. The van der Waals surface area contributed by atoms with Crippen LogP contribution in [-0.4, -0.2) is 14.3 Å². The fourth-order valence-corrected chi connectivity index (χ4v) is 3.45. The molecule has 124 valence electrons. The topological polar surface area (TPSA) is 46.2 Å². The van der Waals surface area contributed by atoms with Crippen LogP contribution in [-0.2, 0) is 10.0 Å². The SMILES string of the molecule is Cc1ccc(C(NS(=O)(=O)c2ccc(C)cc2)C(C)(F)F)cc1. The number of rotatable bonds is 5. The molecule has 3 nitrogen and oxygen atoms in total. The summed E-state index contributed by atoms with van der Waals surface area (Å²) < 4.78 is 54.8. The van der Waals surface area contributed by atoms with Crippen LogP contribution in [0, 0.1) is 13.8 Å². The van der Waals surface area contributed by atoms with Gasteiger partial charge in [-0.25, -0.2) is 17.2 Å². The van der Waals surface area contributed by atoms with Gasteiger partial charge >= 0.3 is 0 Å². The van der Waals surface area contributed by atoms with E-state index in [2.05, 4.69) is 4.72 Å². The van der Waals surface area contributed by atoms with Crippen LogP contribution in [0.15, 0.2) is 53.4 Å². The second-order valence-electron chi connectivity index (χ2n) is 5.73. The van der Waals surface area contributed by atoms with Crippen LogP contribution >= 0.6 is 0 Å². The van der Waals surface area contributed by atoms with Crippen molar-refractivity contribution in [2.75, 3.05) is 0 Å². The minimum atomic E-state index is -4.05. The van der Waals surface area contributed by atoms with Crippen LogP contribution in [0.1, 0.15) is 29.7 Å². The van der Waals surface area contributed by atoms with Crippen molar-refractivity contribution in [1.82, 2.24) is 4.72 Å². The fourth-order valence-electron chi connectivity index (χ4n) is 2.16. The summed E-state index contributed by atoms with van der Waals surface area (Å²) in [4.78, 5) is -0.0375. The van der Waals surface area contributed by atoms with Gasteiger partial charge in [0, 0.05) is 6.92 Å². The van der Waals surface area contributed by atoms with Crippen LogP contribution in [0.3, 0.4) is 0 Å². The summed E-state index contributed by atoms with van der Waals surface area (Å²) in [6.45, 7) is 4.35. The van der Waals surface area contributed by atoms with Crippen LogP contribution in [0.4, 0.5) is 8.78 Å². The normalized spacial score (nSPS) is 13.8. The lowest BCUT2D eigenvalue weighted by Gasteiger charge is -2.25. The van der Waals surface area contributed by atoms with Crippen molar-refractivity contribution in [3.63, 3.8) is 0 Å². The van der Waals surface area contributed by atoms with Crippen molar-refractivity contribution in [3.05, 3.63) is 65.2 Å². The summed E-state index contributed by atoms with van der Waals surface area (Å²) >= 11 is 0. The van der Waals surface area contributed by atoms with E-state index in [0.29, 0.717) is 6.92 Å². The summed E-state index contributed by atoms with van der Waals surface area (Å²) in [5.41, 5.74) is 2.02. The van der Waals surface area contributed by atoms with Crippen molar-refractivity contribution in [2.45, 2.75) is 37.6 Å². The largest absolute Gasteiger partial charge is 0.265 e. The molecule has 1 N–H and O–H groups in total. The van der Waals surface area contributed by atoms with Crippen LogP contribution in [0.2, 0.25) is 0 Å². The highest BCUT2D eigenvalue weighted by Crippen LogP contribution is 2.32. The summed E-state index contributed by atoms with van der Waals surface area (Å²) in [7, 11) is -4.05. The van der Waals surface area contributed by atoms with E-state index >= 15 is 0 Å². The smallest absolute Gasteiger partial charge is 0.207 e. The highest BCUT2D eigenvalue weighted by molar-refractivity contribution is 7.89. The van der Waals surface area contributed by atoms with E-state index in [0.717, 1.165) is 11.1 Å². The highest BCUT2D eigenvalue weighted by atomic mass is 32.2. The Balaban J connectivity index is 2.38. The molecule has 0 saturated heterocycles. The molecule has 0 spiro atoms. The molecule has 2 aromatic rings. The standard InChI is InChI=1S/C17H19F2NO2S/c1-12-4-8-14(9-5-12)16(17(3,18)19)20-23(21,22)15-10-6-13(2)7-11-15/h4-11,16,20H,1-3H3. The highest BCUT2D eigenvalue weighted by Gasteiger charge is 2.38. The van der Waals surface area contributed by atoms with E-state index in [1.807, 2.05) is 13.8 Å². The molecule has 23 heavy (non-hydrogen) atoms. The maximum atomic E-state index is 14.0. The van der Waals surface area contributed by atoms with E-state index in [1.54, 1.807) is 24.3 Å². The van der Waals surface area contributed by atoms with Gasteiger partial charge in [0.15, 0.2) is 0 Å². The Morgan fingerprint density at radius 2 is 1.35 bits per heavy atom. The Labute approximate surface area is 135 Å². The maximum absolute atomic E-state index is 14.0. The lowest BCUT2D eigenvalue weighted by Crippen LogP contribution is -2.38. The molecule has 2 aromatic carbocycles. The lowest BCUT2D eigenvalue weighted by molar-refractivity contribution is -0.0119. The van der Waals surface area contributed by atoms with Gasteiger partial charge in [-0.3, -0.25) is 0 Å². The number of hydrogen-bond donors (Lipinski definition) is 1. The minimum absolute atomic E-state index is 0.0375. The van der Waals surface area contributed by atoms with Crippen LogP contribution in [0.25, 0.3) is 0 Å². The zero-order valence-electron chi connectivity index (χ0n) is 13.2. The number of aryl methyl sites for hydroxylation is 2. The zero-order chi connectivity index (χ0) is 17.3. The molecule has 0 fully saturated rings. The quantitative estimate of drug-likeness (QED) is 0.896. The van der Waals surface area contributed by atoms with Crippen LogP contribution < -0.4 is 4.72 Å². The van der Waals surface area contributed by atoms with E-state index in [4.69, 9.17) is 0 Å². The van der Waals surface area contributed by atoms with E-state index in [9.17, 15) is 17.2 Å². The predicted molar refractivity (Wildman–Crippen MR) is 86.0 cm³/mol. The molecular formula is C17H19F2NO2S. The molecule has 0 radical (unpaired) electrons. The second kappa shape index (κ2) is 6.37. The number of hydrogen-bond acceptors (Lipinski definition) is 2. The van der Waals surface area contributed by atoms with E-state index < -0.39 is 22.0 Å². The predicted octanol–water partition coefficient (Wildman–Crippen LogP) is 3.98. The molecule has 0 bridgehead atoms. The average molecular weight is 339 g/mol. The maximum Gasteiger partial charge on any atom is 0.265 e. The summed E-state index contributed by atoms with van der Waals surface area (Å²) in [5.74, 6) is -3.24. The van der Waals surface area contributed by atoms with Gasteiger partial charge in [-0.15, -0.1) is 0 Å². The minimum Gasteiger partial charge on any atom is -0.207 e. The van der Waals surface area contributed by atoms with E-state index in [-0.39, 0.29) is 10.5 Å². The van der Waals surface area contributed by atoms with E-state index in [1.165, 1.54) is 24.3 Å². The molecule has 0 aromatic heterocycles. The van der Waals surface area contributed by atoms with Gasteiger partial charge < -0.3 is 0 Å². The van der Waals surface area contributed by atoms with Gasteiger partial charge in [-0.05, 0) is 31.5 Å². The number of sulfonamides is 1. The molecule has 0 aliphatic carbocycles. The summed E-state index contributed by atoms with van der Waals surface area (Å²) in [6, 6.07) is 10.8. The van der Waals surface area contributed by atoms with Crippen molar-refractivity contribution >= 4 is 10.0 Å². The number of halogens is 2. The van der Waals surface area contributed by atoms with Crippen molar-refractivity contribution in [3.8, 4) is 0 Å². The molecule has 0 amide bonds. The Hall–Kier alpha value is -1.79. The number of benzene rings is 2.